The summed E-state index contributed by atoms with van der Waals surface area (Å²) < 4.78 is 0. The summed E-state index contributed by atoms with van der Waals surface area (Å²) in [6.07, 6.45) is 0. The van der Waals surface area contributed by atoms with Crippen molar-refractivity contribution >= 4 is 12.0 Å². The Balaban J connectivity index is 2.11. The van der Waals surface area contributed by atoms with E-state index in [1.165, 1.54) is 0 Å². The molecule has 2 rings (SSSR count). The molecule has 114 valence electrons. The number of aromatic carboxylic acids is 1. The van der Waals surface area contributed by atoms with Gasteiger partial charge in [-0.15, -0.1) is 0 Å². The minimum Gasteiger partial charge on any atom is -0.478 e. The lowest BCUT2D eigenvalue weighted by Gasteiger charge is -2.28. The molecule has 0 saturated carbocycles. The van der Waals surface area contributed by atoms with E-state index in [9.17, 15) is 9.59 Å². The van der Waals surface area contributed by atoms with E-state index < -0.39 is 5.97 Å². The van der Waals surface area contributed by atoms with Crippen LogP contribution in [0.25, 0.3) is 0 Å². The molecule has 1 N–H and O–H groups in total. The number of fused-ring (bicyclic) bond motifs is 1. The van der Waals surface area contributed by atoms with Crippen molar-refractivity contribution in [2.45, 2.75) is 33.9 Å². The molecule has 0 spiro atoms. The van der Waals surface area contributed by atoms with Crippen LogP contribution in [0.4, 0.5) is 4.79 Å². The molecule has 1 aromatic rings. The van der Waals surface area contributed by atoms with Crippen LogP contribution in [0, 0.1) is 5.92 Å². The van der Waals surface area contributed by atoms with E-state index in [1.807, 2.05) is 17.9 Å². The van der Waals surface area contributed by atoms with Crippen LogP contribution in [0.1, 0.15) is 42.3 Å². The summed E-state index contributed by atoms with van der Waals surface area (Å²) in [5.41, 5.74) is 2.25. The van der Waals surface area contributed by atoms with Crippen LogP contribution in [0.2, 0.25) is 0 Å². The first-order valence-electron chi connectivity index (χ1n) is 7.31. The Bertz CT molecular complexity index is 554. The number of nitrogens with zero attached hydrogens (tertiary/aromatic N) is 2. The Hall–Kier alpha value is -2.04. The summed E-state index contributed by atoms with van der Waals surface area (Å²) in [5, 5.41) is 9.03. The van der Waals surface area contributed by atoms with Gasteiger partial charge in [0.2, 0.25) is 0 Å². The van der Waals surface area contributed by atoms with Crippen LogP contribution in [-0.4, -0.2) is 40.0 Å². The van der Waals surface area contributed by atoms with Crippen molar-refractivity contribution in [2.24, 2.45) is 5.92 Å². The van der Waals surface area contributed by atoms with E-state index in [0.717, 1.165) is 17.7 Å². The number of carboxylic acids is 1. The molecule has 1 aliphatic rings. The fourth-order valence-electron chi connectivity index (χ4n) is 2.65. The van der Waals surface area contributed by atoms with Gasteiger partial charge in [-0.2, -0.15) is 0 Å². The first-order valence-corrected chi connectivity index (χ1v) is 7.31. The standard InChI is InChI=1S/C16H22N2O3/c1-4-17(8-11(2)3)16(21)18-9-13-6-5-12(15(19)20)7-14(13)10-18/h5-7,11H,4,8-10H2,1-3H3,(H,19,20). The number of carbonyl (C=O) groups is 2. The summed E-state index contributed by atoms with van der Waals surface area (Å²) in [4.78, 5) is 27.2. The van der Waals surface area contributed by atoms with Gasteiger partial charge in [0.25, 0.3) is 0 Å². The van der Waals surface area contributed by atoms with E-state index in [4.69, 9.17) is 5.11 Å². The van der Waals surface area contributed by atoms with E-state index in [0.29, 0.717) is 25.6 Å². The quantitative estimate of drug-likeness (QED) is 0.927. The highest BCUT2D eigenvalue weighted by molar-refractivity contribution is 5.88. The van der Waals surface area contributed by atoms with Crippen LogP contribution in [0.5, 0.6) is 0 Å². The molecule has 0 unspecified atom stereocenters. The average Bonchev–Trinajstić information content (AvgIpc) is 2.86. The van der Waals surface area contributed by atoms with Crippen LogP contribution >= 0.6 is 0 Å². The molecule has 0 aromatic heterocycles. The molecule has 1 aromatic carbocycles. The Morgan fingerprint density at radius 1 is 1.29 bits per heavy atom. The van der Waals surface area contributed by atoms with E-state index >= 15 is 0 Å². The summed E-state index contributed by atoms with van der Waals surface area (Å²) in [7, 11) is 0. The van der Waals surface area contributed by atoms with Crippen molar-refractivity contribution in [1.29, 1.82) is 0 Å². The summed E-state index contributed by atoms with van der Waals surface area (Å²) >= 11 is 0. The Morgan fingerprint density at radius 2 is 1.95 bits per heavy atom. The molecule has 5 nitrogen and oxygen atoms in total. The number of amides is 2. The van der Waals surface area contributed by atoms with Crippen LogP contribution in [-0.2, 0) is 13.1 Å². The first-order chi connectivity index (χ1) is 9.92. The summed E-state index contributed by atoms with van der Waals surface area (Å²) in [5.74, 6) is -0.505. The number of hydrogen-bond donors (Lipinski definition) is 1. The second-order valence-corrected chi connectivity index (χ2v) is 5.86. The minimum atomic E-state index is -0.933. The molecule has 0 saturated heterocycles. The molecule has 5 heteroatoms. The molecule has 1 aliphatic heterocycles. The van der Waals surface area contributed by atoms with Gasteiger partial charge in [0.1, 0.15) is 0 Å². The lowest BCUT2D eigenvalue weighted by atomic mass is 10.1. The topological polar surface area (TPSA) is 60.9 Å². The molecule has 0 bridgehead atoms. The third-order valence-electron chi connectivity index (χ3n) is 3.68. The monoisotopic (exact) mass is 290 g/mol. The van der Waals surface area contributed by atoms with Gasteiger partial charge in [0, 0.05) is 26.2 Å². The minimum absolute atomic E-state index is 0.0271. The number of rotatable bonds is 4. The van der Waals surface area contributed by atoms with Gasteiger partial charge < -0.3 is 14.9 Å². The van der Waals surface area contributed by atoms with E-state index in [1.54, 1.807) is 17.0 Å². The Kier molecular flexibility index (Phi) is 4.50. The molecule has 0 atom stereocenters. The highest BCUT2D eigenvalue weighted by Gasteiger charge is 2.27. The van der Waals surface area contributed by atoms with Crippen LogP contribution in [0.3, 0.4) is 0 Å². The van der Waals surface area contributed by atoms with Crippen molar-refractivity contribution < 1.29 is 14.7 Å². The predicted octanol–water partition coefficient (Wildman–Crippen LogP) is 2.80. The third-order valence-corrected chi connectivity index (χ3v) is 3.68. The lowest BCUT2D eigenvalue weighted by Crippen LogP contribution is -2.42. The zero-order valence-corrected chi connectivity index (χ0v) is 12.8. The molecule has 0 radical (unpaired) electrons. The van der Waals surface area contributed by atoms with Gasteiger partial charge >= 0.3 is 12.0 Å². The third kappa shape index (κ3) is 3.35. The molecular weight excluding hydrogens is 268 g/mol. The number of carbonyl (C=O) groups excluding carboxylic acids is 1. The fraction of sp³-hybridized carbons (Fsp3) is 0.500. The highest BCUT2D eigenvalue weighted by Crippen LogP contribution is 2.25. The van der Waals surface area contributed by atoms with Gasteiger partial charge in [0.15, 0.2) is 0 Å². The predicted molar refractivity (Wildman–Crippen MR) is 80.1 cm³/mol. The number of hydrogen-bond acceptors (Lipinski definition) is 2. The maximum Gasteiger partial charge on any atom is 0.335 e. The number of benzene rings is 1. The second-order valence-electron chi connectivity index (χ2n) is 5.86. The normalized spacial score (nSPS) is 13.4. The van der Waals surface area contributed by atoms with E-state index in [2.05, 4.69) is 13.8 Å². The number of carboxylic acid groups (broad SMARTS) is 1. The van der Waals surface area contributed by atoms with Crippen LogP contribution in [0.15, 0.2) is 18.2 Å². The zero-order chi connectivity index (χ0) is 15.6. The Morgan fingerprint density at radius 3 is 2.52 bits per heavy atom. The van der Waals surface area contributed by atoms with Crippen molar-refractivity contribution in [3.8, 4) is 0 Å². The van der Waals surface area contributed by atoms with Crippen molar-refractivity contribution in [3.05, 3.63) is 34.9 Å². The van der Waals surface area contributed by atoms with Gasteiger partial charge in [-0.05, 0) is 36.1 Å². The molecule has 0 fully saturated rings. The van der Waals surface area contributed by atoms with Gasteiger partial charge in [-0.25, -0.2) is 9.59 Å². The lowest BCUT2D eigenvalue weighted by molar-refractivity contribution is 0.0696. The molecule has 0 aliphatic carbocycles. The molecular formula is C16H22N2O3. The maximum atomic E-state index is 12.5. The highest BCUT2D eigenvalue weighted by atomic mass is 16.4. The smallest absolute Gasteiger partial charge is 0.335 e. The van der Waals surface area contributed by atoms with E-state index in [-0.39, 0.29) is 11.6 Å². The maximum absolute atomic E-state index is 12.5. The fourth-order valence-corrected chi connectivity index (χ4v) is 2.65. The number of urea groups is 1. The molecule has 1 heterocycles. The average molecular weight is 290 g/mol. The molecule has 2 amide bonds. The van der Waals surface area contributed by atoms with Crippen molar-refractivity contribution in [1.82, 2.24) is 9.80 Å². The van der Waals surface area contributed by atoms with Gasteiger partial charge in [-0.1, -0.05) is 19.9 Å². The largest absolute Gasteiger partial charge is 0.478 e. The second kappa shape index (κ2) is 6.16. The van der Waals surface area contributed by atoms with Gasteiger partial charge in [0.05, 0.1) is 5.56 Å². The van der Waals surface area contributed by atoms with Crippen LogP contribution < -0.4 is 0 Å². The zero-order valence-electron chi connectivity index (χ0n) is 12.8. The SMILES string of the molecule is CCN(CC(C)C)C(=O)N1Cc2ccc(C(=O)O)cc2C1. The van der Waals surface area contributed by atoms with Crippen molar-refractivity contribution in [3.63, 3.8) is 0 Å². The van der Waals surface area contributed by atoms with Crippen molar-refractivity contribution in [2.75, 3.05) is 13.1 Å². The Labute approximate surface area is 125 Å². The summed E-state index contributed by atoms with van der Waals surface area (Å²) in [6.45, 7) is 8.63. The first kappa shape index (κ1) is 15.4. The summed E-state index contributed by atoms with van der Waals surface area (Å²) in [6, 6.07) is 5.11. The van der Waals surface area contributed by atoms with Gasteiger partial charge in [-0.3, -0.25) is 0 Å². The molecule has 21 heavy (non-hydrogen) atoms.